The summed E-state index contributed by atoms with van der Waals surface area (Å²) in [6, 6.07) is 10.8. The summed E-state index contributed by atoms with van der Waals surface area (Å²) in [7, 11) is 1.42. The number of carbonyl (C=O) groups is 1. The van der Waals surface area contributed by atoms with Crippen LogP contribution in [0.3, 0.4) is 0 Å². The third-order valence-corrected chi connectivity index (χ3v) is 5.68. The van der Waals surface area contributed by atoms with Crippen molar-refractivity contribution in [3.05, 3.63) is 64.3 Å². The minimum atomic E-state index is -4.58. The normalized spacial score (nSPS) is 11.9. The number of benzene rings is 1. The number of carbonyl (C=O) groups excluding carboxylic acids is 1. The van der Waals surface area contributed by atoms with E-state index in [0.717, 1.165) is 27.1 Å². The summed E-state index contributed by atoms with van der Waals surface area (Å²) in [6.07, 6.45) is -2.85. The van der Waals surface area contributed by atoms with Crippen LogP contribution >= 0.6 is 11.3 Å². The van der Waals surface area contributed by atoms with Crippen molar-refractivity contribution in [1.82, 2.24) is 19.6 Å². The average molecular weight is 419 g/mol. The lowest BCUT2D eigenvalue weighted by Gasteiger charge is -2.05. The lowest BCUT2D eigenvalue weighted by molar-refractivity contribution is -0.140. The zero-order valence-corrected chi connectivity index (χ0v) is 16.3. The summed E-state index contributed by atoms with van der Waals surface area (Å²) in [6.45, 7) is 2.55. The number of fused-ring (bicyclic) bond motifs is 1. The second-order valence-electron chi connectivity index (χ2n) is 6.58. The quantitative estimate of drug-likeness (QED) is 0.531. The zero-order valence-electron chi connectivity index (χ0n) is 15.5. The fraction of sp³-hybridized carbons (Fsp3) is 0.211. The monoisotopic (exact) mass is 419 g/mol. The molecule has 0 unspecified atom stereocenters. The van der Waals surface area contributed by atoms with E-state index in [4.69, 9.17) is 0 Å². The molecule has 29 heavy (non-hydrogen) atoms. The molecule has 0 bridgehead atoms. The predicted molar refractivity (Wildman–Crippen MR) is 104 cm³/mol. The number of aryl methyl sites for hydroxylation is 2. The number of thiophene rings is 1. The van der Waals surface area contributed by atoms with Crippen molar-refractivity contribution in [3.63, 3.8) is 0 Å². The number of aromatic nitrogens is 4. The molecule has 0 saturated heterocycles. The highest BCUT2D eigenvalue weighted by molar-refractivity contribution is 7.20. The summed E-state index contributed by atoms with van der Waals surface area (Å²) in [5.41, 5.74) is 1.24. The number of nitrogens with one attached hydrogen (secondary N) is 1. The van der Waals surface area contributed by atoms with Crippen LogP contribution in [0.25, 0.3) is 10.2 Å². The van der Waals surface area contributed by atoms with Crippen LogP contribution in [-0.4, -0.2) is 25.5 Å². The van der Waals surface area contributed by atoms with Crippen molar-refractivity contribution in [1.29, 1.82) is 0 Å². The molecule has 0 spiro atoms. The molecule has 4 rings (SSSR count). The molecular weight excluding hydrogens is 403 g/mol. The minimum Gasteiger partial charge on any atom is -0.304 e. The van der Waals surface area contributed by atoms with Crippen molar-refractivity contribution in [2.75, 3.05) is 5.32 Å². The Morgan fingerprint density at radius 1 is 1.21 bits per heavy atom. The first-order chi connectivity index (χ1) is 13.7. The number of nitrogens with zero attached hydrogens (tertiary/aromatic N) is 4. The second kappa shape index (κ2) is 7.03. The lowest BCUT2D eigenvalue weighted by Crippen LogP contribution is -2.12. The largest absolute Gasteiger partial charge is 0.435 e. The van der Waals surface area contributed by atoms with Gasteiger partial charge in [-0.15, -0.1) is 11.3 Å². The summed E-state index contributed by atoms with van der Waals surface area (Å²) in [5, 5.41) is 10.4. The van der Waals surface area contributed by atoms with Crippen LogP contribution in [0.15, 0.2) is 42.6 Å². The highest BCUT2D eigenvalue weighted by atomic mass is 32.1. The molecule has 1 aromatic carbocycles. The molecule has 1 N–H and O–H groups in total. The number of rotatable bonds is 4. The van der Waals surface area contributed by atoms with Gasteiger partial charge < -0.3 is 5.32 Å². The van der Waals surface area contributed by atoms with Crippen LogP contribution in [0.2, 0.25) is 0 Å². The standard InChI is InChI=1S/C19H16F3N5OS/c1-11-5-3-4-6-12(11)10-27-8-7-15(24-27)23-17(28)14-9-13-16(19(20,21)22)25-26(2)18(13)29-14/h3-9H,10H2,1-2H3,(H,23,24,28). The lowest BCUT2D eigenvalue weighted by atomic mass is 10.1. The van der Waals surface area contributed by atoms with Crippen molar-refractivity contribution < 1.29 is 18.0 Å². The van der Waals surface area contributed by atoms with E-state index in [-0.39, 0.29) is 15.1 Å². The van der Waals surface area contributed by atoms with E-state index in [9.17, 15) is 18.0 Å². The summed E-state index contributed by atoms with van der Waals surface area (Å²) >= 11 is 0.953. The van der Waals surface area contributed by atoms with E-state index in [1.165, 1.54) is 13.1 Å². The predicted octanol–water partition coefficient (Wildman–Crippen LogP) is 4.46. The van der Waals surface area contributed by atoms with Gasteiger partial charge in [-0.25, -0.2) is 0 Å². The van der Waals surface area contributed by atoms with E-state index < -0.39 is 17.8 Å². The Bertz CT molecular complexity index is 1200. The van der Waals surface area contributed by atoms with E-state index in [1.807, 2.05) is 31.2 Å². The van der Waals surface area contributed by atoms with Gasteiger partial charge in [-0.3, -0.25) is 14.2 Å². The van der Waals surface area contributed by atoms with Crippen LogP contribution in [0.1, 0.15) is 26.5 Å². The first-order valence-corrected chi connectivity index (χ1v) is 9.47. The van der Waals surface area contributed by atoms with E-state index in [2.05, 4.69) is 15.5 Å². The van der Waals surface area contributed by atoms with Crippen LogP contribution in [0.4, 0.5) is 19.0 Å². The molecule has 0 atom stereocenters. The maximum absolute atomic E-state index is 13.1. The SMILES string of the molecule is Cc1ccccc1Cn1ccc(NC(=O)c2cc3c(C(F)(F)F)nn(C)c3s2)n1. The van der Waals surface area contributed by atoms with Crippen molar-refractivity contribution in [2.45, 2.75) is 19.6 Å². The Morgan fingerprint density at radius 3 is 2.69 bits per heavy atom. The number of hydrogen-bond donors (Lipinski definition) is 1. The molecule has 0 aliphatic rings. The molecule has 150 valence electrons. The third-order valence-electron chi connectivity index (χ3n) is 4.48. The zero-order chi connectivity index (χ0) is 20.8. The molecule has 3 heterocycles. The fourth-order valence-electron chi connectivity index (χ4n) is 3.02. The Labute approximate surface area is 167 Å². The second-order valence-corrected chi connectivity index (χ2v) is 7.61. The average Bonchev–Trinajstić information content (AvgIpc) is 3.33. The highest BCUT2D eigenvalue weighted by Crippen LogP contribution is 2.37. The van der Waals surface area contributed by atoms with Crippen LogP contribution < -0.4 is 5.32 Å². The molecule has 0 fully saturated rings. The molecule has 6 nitrogen and oxygen atoms in total. The van der Waals surface area contributed by atoms with Crippen LogP contribution in [0, 0.1) is 6.92 Å². The van der Waals surface area contributed by atoms with E-state index in [0.29, 0.717) is 12.4 Å². The van der Waals surface area contributed by atoms with Gasteiger partial charge in [0.05, 0.1) is 11.4 Å². The highest BCUT2D eigenvalue weighted by Gasteiger charge is 2.37. The van der Waals surface area contributed by atoms with Gasteiger partial charge in [0, 0.05) is 24.7 Å². The molecule has 1 amide bonds. The minimum absolute atomic E-state index is 0.0831. The van der Waals surface area contributed by atoms with Gasteiger partial charge in [-0.1, -0.05) is 24.3 Å². The number of anilines is 1. The van der Waals surface area contributed by atoms with Gasteiger partial charge in [0.2, 0.25) is 0 Å². The summed E-state index contributed by atoms with van der Waals surface area (Å²) < 4.78 is 42.2. The van der Waals surface area contributed by atoms with Crippen LogP contribution in [-0.2, 0) is 19.8 Å². The van der Waals surface area contributed by atoms with E-state index >= 15 is 0 Å². The Hall–Kier alpha value is -3.14. The Balaban J connectivity index is 1.53. The van der Waals surface area contributed by atoms with Gasteiger partial charge in [0.1, 0.15) is 4.83 Å². The molecule has 0 aliphatic carbocycles. The molecule has 0 aliphatic heterocycles. The third kappa shape index (κ3) is 3.75. The maximum Gasteiger partial charge on any atom is 0.435 e. The van der Waals surface area contributed by atoms with Gasteiger partial charge in [-0.05, 0) is 24.1 Å². The number of hydrogen-bond acceptors (Lipinski definition) is 4. The molecule has 4 aromatic rings. The molecule has 0 radical (unpaired) electrons. The van der Waals surface area contributed by atoms with Gasteiger partial charge in [-0.2, -0.15) is 23.4 Å². The first-order valence-electron chi connectivity index (χ1n) is 8.65. The molecular formula is C19H16F3N5OS. The summed E-state index contributed by atoms with van der Waals surface area (Å²) in [5.74, 6) is -0.185. The van der Waals surface area contributed by atoms with Crippen molar-refractivity contribution in [2.24, 2.45) is 7.05 Å². The fourth-order valence-corrected chi connectivity index (χ4v) is 3.99. The van der Waals surface area contributed by atoms with Gasteiger partial charge in [0.15, 0.2) is 11.5 Å². The van der Waals surface area contributed by atoms with Gasteiger partial charge in [0.25, 0.3) is 5.91 Å². The topological polar surface area (TPSA) is 64.7 Å². The summed E-state index contributed by atoms with van der Waals surface area (Å²) in [4.78, 5) is 13.0. The van der Waals surface area contributed by atoms with E-state index in [1.54, 1.807) is 16.9 Å². The molecule has 10 heteroatoms. The van der Waals surface area contributed by atoms with Gasteiger partial charge >= 0.3 is 6.18 Å². The van der Waals surface area contributed by atoms with Crippen molar-refractivity contribution >= 4 is 33.3 Å². The van der Waals surface area contributed by atoms with Crippen LogP contribution in [0.5, 0.6) is 0 Å². The smallest absolute Gasteiger partial charge is 0.304 e. The maximum atomic E-state index is 13.1. The Kier molecular flexibility index (Phi) is 4.65. The number of alkyl halides is 3. The molecule has 3 aromatic heterocycles. The number of halogens is 3. The molecule has 0 saturated carbocycles. The number of amides is 1. The van der Waals surface area contributed by atoms with Crippen molar-refractivity contribution in [3.8, 4) is 0 Å². The Morgan fingerprint density at radius 2 is 1.97 bits per heavy atom. The first kappa shape index (κ1) is 19.2.